The molecule has 0 atom stereocenters. The Labute approximate surface area is 109 Å². The van der Waals surface area contributed by atoms with Gasteiger partial charge >= 0.3 is 5.97 Å². The monoisotopic (exact) mass is 266 g/mol. The molecule has 0 aromatic carbocycles. The van der Waals surface area contributed by atoms with Gasteiger partial charge < -0.3 is 24.4 Å². The fourth-order valence-electron chi connectivity index (χ4n) is 0.910. The molecule has 0 aromatic rings. The molecule has 0 unspecified atom stereocenters. The van der Waals surface area contributed by atoms with Gasteiger partial charge in [0.2, 0.25) is 0 Å². The molecule has 0 saturated carbocycles. The normalized spacial score (nSPS) is 13.0. The van der Waals surface area contributed by atoms with E-state index in [0.29, 0.717) is 26.2 Å². The molecule has 1 aliphatic heterocycles. The van der Waals surface area contributed by atoms with Gasteiger partial charge in [0.05, 0.1) is 33.0 Å². The number of aliphatic hydroxyl groups excluding tert-OH is 2. The Morgan fingerprint density at radius 2 is 1.67 bits per heavy atom. The summed E-state index contributed by atoms with van der Waals surface area (Å²) in [6.45, 7) is 7.00. The summed E-state index contributed by atoms with van der Waals surface area (Å²) < 4.78 is 14.0. The van der Waals surface area contributed by atoms with Gasteiger partial charge in [-0.3, -0.25) is 4.79 Å². The van der Waals surface area contributed by atoms with Crippen molar-refractivity contribution in [3.8, 4) is 0 Å². The second kappa shape index (κ2) is 18.7. The minimum atomic E-state index is -0.0463. The van der Waals surface area contributed by atoms with Crippen molar-refractivity contribution in [3.63, 3.8) is 0 Å². The number of hydrogen-bond acceptors (Lipinski definition) is 6. The van der Waals surface area contributed by atoms with E-state index in [-0.39, 0.29) is 19.2 Å². The van der Waals surface area contributed by atoms with E-state index >= 15 is 0 Å². The summed E-state index contributed by atoms with van der Waals surface area (Å²) in [6.07, 6.45) is 1.54. The fraction of sp³-hybridized carbons (Fsp3) is 0.917. The maximum absolute atomic E-state index is 10.0. The molecule has 6 heteroatoms. The van der Waals surface area contributed by atoms with Crippen LogP contribution in [0.3, 0.4) is 0 Å². The van der Waals surface area contributed by atoms with Gasteiger partial charge in [-0.1, -0.05) is 0 Å². The lowest BCUT2D eigenvalue weighted by atomic mass is 10.4. The average Bonchev–Trinajstić information content (AvgIpc) is 2.84. The number of hydrogen-bond donors (Lipinski definition) is 2. The Kier molecular flexibility index (Phi) is 20.4. The second-order valence-corrected chi connectivity index (χ2v) is 3.17. The van der Waals surface area contributed by atoms with Crippen LogP contribution >= 0.6 is 0 Å². The van der Waals surface area contributed by atoms with Crippen LogP contribution < -0.4 is 0 Å². The molecule has 6 nitrogen and oxygen atoms in total. The molecule has 0 aromatic heterocycles. The second-order valence-electron chi connectivity index (χ2n) is 3.17. The van der Waals surface area contributed by atoms with Crippen molar-refractivity contribution in [1.29, 1.82) is 0 Å². The third kappa shape index (κ3) is 20.7. The summed E-state index contributed by atoms with van der Waals surface area (Å²) in [6, 6.07) is 0. The van der Waals surface area contributed by atoms with E-state index in [4.69, 9.17) is 14.9 Å². The molecule has 18 heavy (non-hydrogen) atoms. The van der Waals surface area contributed by atoms with Gasteiger partial charge in [0.1, 0.15) is 0 Å². The van der Waals surface area contributed by atoms with E-state index in [2.05, 4.69) is 9.47 Å². The van der Waals surface area contributed by atoms with Crippen LogP contribution in [0, 0.1) is 0 Å². The molecule has 0 spiro atoms. The molecule has 0 aliphatic carbocycles. The van der Waals surface area contributed by atoms with Gasteiger partial charge in [-0.25, -0.2) is 0 Å². The van der Waals surface area contributed by atoms with Crippen molar-refractivity contribution in [1.82, 2.24) is 0 Å². The molecule has 2 N–H and O–H groups in total. The molecule has 1 rings (SSSR count). The summed E-state index contributed by atoms with van der Waals surface area (Å²) in [5.74, 6) is -0.0463. The lowest BCUT2D eigenvalue weighted by Crippen LogP contribution is -2.03. The Bertz CT molecular complexity index is 149. The highest BCUT2D eigenvalue weighted by molar-refractivity contribution is 5.70. The van der Waals surface area contributed by atoms with Crippen LogP contribution in [-0.2, 0) is 19.0 Å². The van der Waals surface area contributed by atoms with Gasteiger partial charge in [0.25, 0.3) is 0 Å². The molecule has 1 fully saturated rings. The first-order valence-corrected chi connectivity index (χ1v) is 6.25. The predicted molar refractivity (Wildman–Crippen MR) is 67.4 cm³/mol. The van der Waals surface area contributed by atoms with Gasteiger partial charge in [0.15, 0.2) is 0 Å². The maximum Gasteiger partial charge on any atom is 0.305 e. The highest BCUT2D eigenvalue weighted by Gasteiger charge is 2.08. The van der Waals surface area contributed by atoms with Crippen molar-refractivity contribution in [2.45, 2.75) is 26.7 Å². The van der Waals surface area contributed by atoms with Crippen molar-refractivity contribution in [3.05, 3.63) is 0 Å². The first kappa shape index (κ1) is 19.6. The van der Waals surface area contributed by atoms with E-state index in [0.717, 1.165) is 19.6 Å². The summed E-state index contributed by atoms with van der Waals surface area (Å²) in [5, 5.41) is 16.2. The van der Waals surface area contributed by atoms with E-state index in [1.54, 1.807) is 0 Å². The predicted octanol–water partition coefficient (Wildman–Crippen LogP) is 0.354. The largest absolute Gasteiger partial charge is 0.466 e. The van der Waals surface area contributed by atoms with Gasteiger partial charge in [-0.15, -0.1) is 0 Å². The number of rotatable bonds is 6. The Morgan fingerprint density at radius 3 is 1.83 bits per heavy atom. The zero-order valence-electron chi connectivity index (χ0n) is 11.4. The Morgan fingerprint density at radius 1 is 1.11 bits per heavy atom. The molecule has 110 valence electrons. The van der Waals surface area contributed by atoms with Crippen LogP contribution in [0.15, 0.2) is 0 Å². The fourth-order valence-corrected chi connectivity index (χ4v) is 0.910. The van der Waals surface area contributed by atoms with E-state index in [1.165, 1.54) is 0 Å². The molecule has 1 heterocycles. The van der Waals surface area contributed by atoms with Crippen LogP contribution in [0.4, 0.5) is 0 Å². The molecule has 1 aliphatic rings. The standard InChI is InChI=1S/C4H10O3.C4H6O2.C4H10O/c5-1-3-7-4-2-6;5-4-2-1-3-6-4;1-3-5-4-2/h5-6H,1-4H2;1-3H2;3-4H2,1-2H3. The van der Waals surface area contributed by atoms with Crippen LogP contribution in [-0.4, -0.2) is 62.4 Å². The molecule has 1 saturated heterocycles. The van der Waals surface area contributed by atoms with Crippen LogP contribution in [0.2, 0.25) is 0 Å². The van der Waals surface area contributed by atoms with Crippen molar-refractivity contribution in [2.24, 2.45) is 0 Å². The SMILES string of the molecule is CCOCC.O=C1CCCO1.OCCOCCO. The number of esters is 1. The van der Waals surface area contributed by atoms with Crippen LogP contribution in [0.5, 0.6) is 0 Å². The summed E-state index contributed by atoms with van der Waals surface area (Å²) >= 11 is 0. The third-order valence-electron chi connectivity index (χ3n) is 1.67. The molecule has 0 amide bonds. The summed E-state index contributed by atoms with van der Waals surface area (Å²) in [4.78, 5) is 10.0. The summed E-state index contributed by atoms with van der Waals surface area (Å²) in [7, 11) is 0. The minimum Gasteiger partial charge on any atom is -0.466 e. The highest BCUT2D eigenvalue weighted by atomic mass is 16.5. The zero-order chi connectivity index (χ0) is 14.1. The topological polar surface area (TPSA) is 85.2 Å². The third-order valence-corrected chi connectivity index (χ3v) is 1.67. The van der Waals surface area contributed by atoms with Gasteiger partial charge in [-0.2, -0.15) is 0 Å². The first-order valence-electron chi connectivity index (χ1n) is 6.25. The highest BCUT2D eigenvalue weighted by Crippen LogP contribution is 2.01. The first-order chi connectivity index (χ1) is 8.72. The van der Waals surface area contributed by atoms with E-state index in [1.807, 2.05) is 13.8 Å². The Balaban J connectivity index is 0. The van der Waals surface area contributed by atoms with Crippen molar-refractivity contribution in [2.75, 3.05) is 46.2 Å². The number of carbonyl (C=O) groups is 1. The van der Waals surface area contributed by atoms with Crippen molar-refractivity contribution < 1.29 is 29.2 Å². The minimum absolute atomic E-state index is 0.0278. The summed E-state index contributed by atoms with van der Waals surface area (Å²) in [5.41, 5.74) is 0. The van der Waals surface area contributed by atoms with Gasteiger partial charge in [-0.05, 0) is 20.3 Å². The lowest BCUT2D eigenvalue weighted by Gasteiger charge is -1.94. The average molecular weight is 266 g/mol. The van der Waals surface area contributed by atoms with Crippen LogP contribution in [0.25, 0.3) is 0 Å². The van der Waals surface area contributed by atoms with Gasteiger partial charge in [0, 0.05) is 19.6 Å². The molecule has 0 radical (unpaired) electrons. The molecular weight excluding hydrogens is 240 g/mol. The number of ether oxygens (including phenoxy) is 3. The number of cyclic esters (lactones) is 1. The van der Waals surface area contributed by atoms with Crippen molar-refractivity contribution >= 4 is 5.97 Å². The van der Waals surface area contributed by atoms with E-state index in [9.17, 15) is 4.79 Å². The quantitative estimate of drug-likeness (QED) is 0.533. The van der Waals surface area contributed by atoms with E-state index < -0.39 is 0 Å². The lowest BCUT2D eigenvalue weighted by molar-refractivity contribution is -0.137. The molecular formula is C12H26O6. The number of aliphatic hydroxyl groups is 2. The Hall–Kier alpha value is -0.690. The zero-order valence-corrected chi connectivity index (χ0v) is 11.4. The smallest absolute Gasteiger partial charge is 0.305 e. The number of carbonyl (C=O) groups excluding carboxylic acids is 1. The van der Waals surface area contributed by atoms with Crippen LogP contribution in [0.1, 0.15) is 26.7 Å². The molecule has 0 bridgehead atoms. The maximum atomic E-state index is 10.0.